The van der Waals surface area contributed by atoms with E-state index in [2.05, 4.69) is 44.8 Å². The highest BCUT2D eigenvalue weighted by molar-refractivity contribution is 4.84. The van der Waals surface area contributed by atoms with E-state index < -0.39 is 0 Å². The van der Waals surface area contributed by atoms with Crippen molar-refractivity contribution in [1.82, 2.24) is 10.2 Å². The van der Waals surface area contributed by atoms with Crippen LogP contribution in [0.25, 0.3) is 0 Å². The second-order valence-electron chi connectivity index (χ2n) is 7.53. The number of aliphatic hydroxyl groups is 1. The first kappa shape index (κ1) is 18.9. The lowest BCUT2D eigenvalue weighted by Gasteiger charge is -2.42. The number of rotatable bonds is 9. The molecule has 0 aromatic carbocycles. The molecule has 0 spiro atoms. The molecule has 2 N–H and O–H groups in total. The Kier molecular flexibility index (Phi) is 7.62. The fraction of sp³-hybridized carbons (Fsp3) is 1.00. The van der Waals surface area contributed by atoms with Crippen LogP contribution in [0.3, 0.4) is 0 Å². The average molecular weight is 300 g/mol. The van der Waals surface area contributed by atoms with Crippen LogP contribution in [0.2, 0.25) is 0 Å². The van der Waals surface area contributed by atoms with Gasteiger partial charge in [0.1, 0.15) is 0 Å². The summed E-state index contributed by atoms with van der Waals surface area (Å²) in [6, 6.07) is 0. The van der Waals surface area contributed by atoms with Crippen molar-refractivity contribution in [2.45, 2.75) is 77.5 Å². The number of hydrogen-bond acceptors (Lipinski definition) is 4. The van der Waals surface area contributed by atoms with E-state index in [9.17, 15) is 5.11 Å². The van der Waals surface area contributed by atoms with Crippen molar-refractivity contribution < 1.29 is 9.84 Å². The Balaban J connectivity index is 2.26. The van der Waals surface area contributed by atoms with E-state index in [1.165, 1.54) is 6.42 Å². The smallest absolute Gasteiger partial charge is 0.0757 e. The van der Waals surface area contributed by atoms with E-state index in [0.29, 0.717) is 6.10 Å². The molecule has 1 aliphatic rings. The zero-order chi connectivity index (χ0) is 15.9. The Labute approximate surface area is 131 Å². The maximum Gasteiger partial charge on any atom is 0.0757 e. The lowest BCUT2D eigenvalue weighted by Crippen LogP contribution is -2.52. The van der Waals surface area contributed by atoms with Crippen LogP contribution in [0.1, 0.15) is 60.3 Å². The molecule has 0 radical (unpaired) electrons. The van der Waals surface area contributed by atoms with Gasteiger partial charge in [0.2, 0.25) is 0 Å². The lowest BCUT2D eigenvalue weighted by molar-refractivity contribution is -0.128. The summed E-state index contributed by atoms with van der Waals surface area (Å²) in [4.78, 5) is 2.52. The van der Waals surface area contributed by atoms with Gasteiger partial charge in [-0.15, -0.1) is 0 Å². The van der Waals surface area contributed by atoms with Gasteiger partial charge in [0.15, 0.2) is 0 Å². The van der Waals surface area contributed by atoms with Gasteiger partial charge in [0.05, 0.1) is 18.3 Å². The molecule has 0 bridgehead atoms. The zero-order valence-electron chi connectivity index (χ0n) is 14.7. The Morgan fingerprint density at radius 2 is 2.10 bits per heavy atom. The molecule has 126 valence electrons. The number of ether oxygens (including phenoxy) is 1. The molecule has 21 heavy (non-hydrogen) atoms. The van der Waals surface area contributed by atoms with E-state index in [0.717, 1.165) is 45.4 Å². The van der Waals surface area contributed by atoms with E-state index in [1.807, 2.05) is 0 Å². The molecule has 4 heteroatoms. The Morgan fingerprint density at radius 3 is 2.67 bits per heavy atom. The second-order valence-corrected chi connectivity index (χ2v) is 7.53. The highest BCUT2D eigenvalue weighted by atomic mass is 16.5. The van der Waals surface area contributed by atoms with Crippen LogP contribution in [0.5, 0.6) is 0 Å². The number of nitrogens with one attached hydrogen (secondary N) is 1. The molecule has 0 aromatic rings. The zero-order valence-corrected chi connectivity index (χ0v) is 14.7. The fourth-order valence-corrected chi connectivity index (χ4v) is 3.26. The van der Waals surface area contributed by atoms with Crippen LogP contribution in [0, 0.1) is 0 Å². The van der Waals surface area contributed by atoms with Crippen molar-refractivity contribution in [3.63, 3.8) is 0 Å². The molecule has 0 saturated carbocycles. The van der Waals surface area contributed by atoms with E-state index >= 15 is 0 Å². The molecule has 1 fully saturated rings. The second kappa shape index (κ2) is 8.47. The van der Waals surface area contributed by atoms with Crippen molar-refractivity contribution in [3.8, 4) is 0 Å². The molecule has 1 saturated heterocycles. The normalized spacial score (nSPS) is 25.7. The summed E-state index contributed by atoms with van der Waals surface area (Å²) in [7, 11) is 0. The summed E-state index contributed by atoms with van der Waals surface area (Å²) in [5.41, 5.74) is -0.145. The van der Waals surface area contributed by atoms with Crippen molar-refractivity contribution >= 4 is 0 Å². The van der Waals surface area contributed by atoms with Gasteiger partial charge in [-0.1, -0.05) is 13.3 Å². The minimum absolute atomic E-state index is 0.0278. The summed E-state index contributed by atoms with van der Waals surface area (Å²) < 4.78 is 5.94. The molecule has 0 amide bonds. The van der Waals surface area contributed by atoms with E-state index in [-0.39, 0.29) is 17.7 Å². The summed E-state index contributed by atoms with van der Waals surface area (Å²) in [5.74, 6) is 0. The Morgan fingerprint density at radius 1 is 1.38 bits per heavy atom. The molecule has 1 rings (SSSR count). The average Bonchev–Trinajstić information content (AvgIpc) is 2.39. The van der Waals surface area contributed by atoms with Crippen molar-refractivity contribution in [2.75, 3.05) is 32.8 Å². The van der Waals surface area contributed by atoms with Gasteiger partial charge in [0.25, 0.3) is 0 Å². The summed E-state index contributed by atoms with van der Waals surface area (Å²) in [5, 5.41) is 13.0. The van der Waals surface area contributed by atoms with Crippen molar-refractivity contribution in [1.29, 1.82) is 0 Å². The summed E-state index contributed by atoms with van der Waals surface area (Å²) in [6.07, 6.45) is 4.80. The minimum Gasteiger partial charge on any atom is -0.394 e. The third kappa shape index (κ3) is 7.09. The first-order valence-corrected chi connectivity index (χ1v) is 8.56. The van der Waals surface area contributed by atoms with Gasteiger partial charge in [-0.3, -0.25) is 4.90 Å². The van der Waals surface area contributed by atoms with Crippen LogP contribution in [0.15, 0.2) is 0 Å². The maximum absolute atomic E-state index is 9.57. The van der Waals surface area contributed by atoms with Gasteiger partial charge in [0, 0.05) is 18.6 Å². The fourth-order valence-electron chi connectivity index (χ4n) is 3.26. The molecular formula is C17H36N2O2. The van der Waals surface area contributed by atoms with Crippen molar-refractivity contribution in [2.24, 2.45) is 0 Å². The third-order valence-electron chi connectivity index (χ3n) is 4.24. The highest BCUT2D eigenvalue weighted by Gasteiger charge is 2.31. The molecule has 2 atom stereocenters. The van der Waals surface area contributed by atoms with Crippen LogP contribution in [-0.2, 0) is 4.74 Å². The first-order valence-electron chi connectivity index (χ1n) is 8.56. The van der Waals surface area contributed by atoms with Gasteiger partial charge >= 0.3 is 0 Å². The Hall–Kier alpha value is -0.160. The highest BCUT2D eigenvalue weighted by Crippen LogP contribution is 2.21. The molecular weight excluding hydrogens is 264 g/mol. The topological polar surface area (TPSA) is 44.7 Å². The van der Waals surface area contributed by atoms with Gasteiger partial charge in [-0.05, 0) is 60.0 Å². The summed E-state index contributed by atoms with van der Waals surface area (Å²) in [6.45, 7) is 15.2. The number of unbranched alkanes of at least 4 members (excludes halogenated alkanes) is 1. The maximum atomic E-state index is 9.57. The predicted octanol–water partition coefficient (Wildman–Crippen LogP) is 2.41. The van der Waals surface area contributed by atoms with Crippen LogP contribution < -0.4 is 5.32 Å². The molecule has 0 aliphatic carbocycles. The van der Waals surface area contributed by atoms with Crippen LogP contribution in [-0.4, -0.2) is 60.0 Å². The number of hydrogen-bond donors (Lipinski definition) is 2. The molecule has 2 unspecified atom stereocenters. The van der Waals surface area contributed by atoms with Gasteiger partial charge < -0.3 is 15.2 Å². The third-order valence-corrected chi connectivity index (χ3v) is 4.24. The largest absolute Gasteiger partial charge is 0.394 e. The van der Waals surface area contributed by atoms with Crippen LogP contribution in [0.4, 0.5) is 0 Å². The van der Waals surface area contributed by atoms with Gasteiger partial charge in [-0.2, -0.15) is 0 Å². The monoisotopic (exact) mass is 300 g/mol. The molecule has 1 aliphatic heterocycles. The number of aliphatic hydroxyl groups excluding tert-OH is 1. The number of nitrogens with zero attached hydrogens (tertiary/aromatic N) is 1. The molecule has 1 heterocycles. The quantitative estimate of drug-likeness (QED) is 0.642. The summed E-state index contributed by atoms with van der Waals surface area (Å²) >= 11 is 0. The van der Waals surface area contributed by atoms with E-state index in [4.69, 9.17) is 4.74 Å². The van der Waals surface area contributed by atoms with E-state index in [1.54, 1.807) is 0 Å². The lowest BCUT2D eigenvalue weighted by atomic mass is 9.95. The van der Waals surface area contributed by atoms with Crippen LogP contribution >= 0.6 is 0 Å². The number of morpholine rings is 1. The SMILES string of the molecule is CCCNC(C)(CO)CCCCN1CC(C)OC(C)(C)C1. The van der Waals surface area contributed by atoms with Gasteiger partial charge in [-0.25, -0.2) is 0 Å². The first-order chi connectivity index (χ1) is 9.80. The predicted molar refractivity (Wildman–Crippen MR) is 88.7 cm³/mol. The van der Waals surface area contributed by atoms with Crippen molar-refractivity contribution in [3.05, 3.63) is 0 Å². The minimum atomic E-state index is -0.117. The molecule has 0 aromatic heterocycles. The Bertz CT molecular complexity index is 297. The standard InChI is InChI=1S/C17H36N2O2/c1-6-10-18-17(5,14-20)9-7-8-11-19-12-15(2)21-16(3,4)13-19/h15,18,20H,6-14H2,1-5H3. The molecule has 4 nitrogen and oxygen atoms in total.